The van der Waals surface area contributed by atoms with E-state index in [0.717, 1.165) is 18.3 Å². The number of hydrogen-bond donors (Lipinski definition) is 0. The SMILES string of the molecule is CC(C)CCC1CCCN1c1ccc2nnnn2n1. The van der Waals surface area contributed by atoms with E-state index in [0.29, 0.717) is 11.7 Å². The van der Waals surface area contributed by atoms with Crippen LogP contribution in [0.3, 0.4) is 0 Å². The van der Waals surface area contributed by atoms with Crippen LogP contribution in [0.2, 0.25) is 0 Å². The fourth-order valence-electron chi connectivity index (χ4n) is 2.76. The highest BCUT2D eigenvalue weighted by Crippen LogP contribution is 2.27. The second-order valence-electron chi connectivity index (χ2n) is 5.68. The molecule has 2 aromatic rings. The first-order chi connectivity index (χ1) is 9.24. The van der Waals surface area contributed by atoms with Crippen molar-refractivity contribution in [2.45, 2.75) is 45.6 Å². The fraction of sp³-hybridized carbons (Fsp3) is 0.692. The van der Waals surface area contributed by atoms with Gasteiger partial charge in [0.1, 0.15) is 0 Å². The normalized spacial score (nSPS) is 19.7. The maximum absolute atomic E-state index is 4.50. The molecule has 19 heavy (non-hydrogen) atoms. The maximum Gasteiger partial charge on any atom is 0.200 e. The number of fused-ring (bicyclic) bond motifs is 1. The topological polar surface area (TPSA) is 59.2 Å². The summed E-state index contributed by atoms with van der Waals surface area (Å²) in [6.07, 6.45) is 5.03. The van der Waals surface area contributed by atoms with Crippen molar-refractivity contribution in [2.75, 3.05) is 11.4 Å². The van der Waals surface area contributed by atoms with E-state index in [2.05, 4.69) is 39.4 Å². The molecular formula is C13H20N6. The molecule has 0 spiro atoms. The number of nitrogens with zero attached hydrogens (tertiary/aromatic N) is 6. The molecule has 2 aromatic heterocycles. The first-order valence-electron chi connectivity index (χ1n) is 7.06. The third kappa shape index (κ3) is 2.52. The van der Waals surface area contributed by atoms with E-state index >= 15 is 0 Å². The molecule has 0 aliphatic carbocycles. The van der Waals surface area contributed by atoms with Gasteiger partial charge in [0.15, 0.2) is 11.5 Å². The maximum atomic E-state index is 4.50. The molecule has 0 amide bonds. The molecule has 1 aliphatic heterocycles. The average molecular weight is 260 g/mol. The van der Waals surface area contributed by atoms with Crippen LogP contribution in [-0.2, 0) is 0 Å². The minimum Gasteiger partial charge on any atom is -0.352 e. The third-order valence-electron chi connectivity index (χ3n) is 3.80. The zero-order valence-electron chi connectivity index (χ0n) is 11.5. The zero-order valence-corrected chi connectivity index (χ0v) is 11.5. The number of rotatable bonds is 4. The van der Waals surface area contributed by atoms with Crippen LogP contribution in [0.1, 0.15) is 39.5 Å². The van der Waals surface area contributed by atoms with E-state index in [4.69, 9.17) is 0 Å². The summed E-state index contributed by atoms with van der Waals surface area (Å²) in [4.78, 5) is 2.41. The standard InChI is InChI=1S/C13H20N6/c1-10(2)5-6-11-4-3-9-18(11)13-8-7-12-14-16-17-19(12)15-13/h7-8,10-11H,3-6,9H2,1-2H3. The summed E-state index contributed by atoms with van der Waals surface area (Å²) < 4.78 is 1.51. The van der Waals surface area contributed by atoms with Crippen molar-refractivity contribution in [3.8, 4) is 0 Å². The Bertz CT molecular complexity index is 549. The third-order valence-corrected chi connectivity index (χ3v) is 3.80. The quantitative estimate of drug-likeness (QED) is 0.840. The van der Waals surface area contributed by atoms with Crippen LogP contribution in [0.5, 0.6) is 0 Å². The van der Waals surface area contributed by atoms with E-state index in [1.165, 1.54) is 30.3 Å². The largest absolute Gasteiger partial charge is 0.352 e. The summed E-state index contributed by atoms with van der Waals surface area (Å²) >= 11 is 0. The van der Waals surface area contributed by atoms with E-state index in [1.54, 1.807) is 0 Å². The highest BCUT2D eigenvalue weighted by atomic mass is 15.6. The van der Waals surface area contributed by atoms with Crippen molar-refractivity contribution in [1.29, 1.82) is 0 Å². The Balaban J connectivity index is 1.79. The lowest BCUT2D eigenvalue weighted by Gasteiger charge is -2.25. The Morgan fingerprint density at radius 3 is 3.11 bits per heavy atom. The predicted molar refractivity (Wildman–Crippen MR) is 73.0 cm³/mol. The molecule has 1 atom stereocenters. The van der Waals surface area contributed by atoms with E-state index in [1.807, 2.05) is 12.1 Å². The molecule has 6 nitrogen and oxygen atoms in total. The summed E-state index contributed by atoms with van der Waals surface area (Å²) in [5.74, 6) is 1.75. The Morgan fingerprint density at radius 1 is 1.37 bits per heavy atom. The van der Waals surface area contributed by atoms with Crippen LogP contribution in [0.25, 0.3) is 5.65 Å². The molecule has 1 fully saturated rings. The van der Waals surface area contributed by atoms with Gasteiger partial charge in [-0.25, -0.2) is 0 Å². The first kappa shape index (κ1) is 12.3. The first-order valence-corrected chi connectivity index (χ1v) is 7.06. The molecule has 0 saturated carbocycles. The van der Waals surface area contributed by atoms with Gasteiger partial charge in [0.2, 0.25) is 0 Å². The van der Waals surface area contributed by atoms with Gasteiger partial charge in [-0.2, -0.15) is 0 Å². The summed E-state index contributed by atoms with van der Waals surface area (Å²) in [7, 11) is 0. The molecule has 6 heteroatoms. The van der Waals surface area contributed by atoms with Crippen molar-refractivity contribution >= 4 is 11.5 Å². The summed E-state index contributed by atoms with van der Waals surface area (Å²) in [6.45, 7) is 5.65. The van der Waals surface area contributed by atoms with Gasteiger partial charge in [-0.3, -0.25) is 0 Å². The Morgan fingerprint density at radius 2 is 2.26 bits per heavy atom. The van der Waals surface area contributed by atoms with E-state index < -0.39 is 0 Å². The van der Waals surface area contributed by atoms with Gasteiger partial charge in [-0.05, 0) is 54.2 Å². The molecule has 0 N–H and O–H groups in total. The number of tetrazole rings is 1. The lowest BCUT2D eigenvalue weighted by Crippen LogP contribution is -2.30. The summed E-state index contributed by atoms with van der Waals surface area (Å²) in [6, 6.07) is 4.57. The van der Waals surface area contributed by atoms with Crippen molar-refractivity contribution in [3.05, 3.63) is 12.1 Å². The highest BCUT2D eigenvalue weighted by Gasteiger charge is 2.25. The monoisotopic (exact) mass is 260 g/mol. The Hall–Kier alpha value is -1.72. The van der Waals surface area contributed by atoms with Crippen LogP contribution in [0, 0.1) is 5.92 Å². The molecular weight excluding hydrogens is 240 g/mol. The summed E-state index contributed by atoms with van der Waals surface area (Å²) in [5, 5.41) is 15.9. The Kier molecular flexibility index (Phi) is 3.31. The van der Waals surface area contributed by atoms with Crippen LogP contribution in [0.15, 0.2) is 12.1 Å². The van der Waals surface area contributed by atoms with Crippen molar-refractivity contribution in [1.82, 2.24) is 25.3 Å². The molecule has 1 saturated heterocycles. The van der Waals surface area contributed by atoms with Gasteiger partial charge < -0.3 is 4.90 Å². The molecule has 102 valence electrons. The minimum atomic E-state index is 0.615. The second kappa shape index (κ2) is 5.11. The molecule has 3 rings (SSSR count). The van der Waals surface area contributed by atoms with Gasteiger partial charge in [-0.15, -0.1) is 14.8 Å². The van der Waals surface area contributed by atoms with Crippen molar-refractivity contribution in [2.24, 2.45) is 5.92 Å². The van der Waals surface area contributed by atoms with Crippen molar-refractivity contribution in [3.63, 3.8) is 0 Å². The smallest absolute Gasteiger partial charge is 0.200 e. The summed E-state index contributed by atoms with van der Waals surface area (Å²) in [5.41, 5.74) is 0.696. The molecule has 1 aliphatic rings. The van der Waals surface area contributed by atoms with Gasteiger partial charge in [0.25, 0.3) is 0 Å². The zero-order chi connectivity index (χ0) is 13.2. The van der Waals surface area contributed by atoms with Crippen LogP contribution < -0.4 is 4.90 Å². The van der Waals surface area contributed by atoms with Crippen molar-refractivity contribution < 1.29 is 0 Å². The van der Waals surface area contributed by atoms with Gasteiger partial charge in [-0.1, -0.05) is 13.8 Å². The minimum absolute atomic E-state index is 0.615. The van der Waals surface area contributed by atoms with Gasteiger partial charge in [0.05, 0.1) is 0 Å². The molecule has 0 aromatic carbocycles. The molecule has 0 radical (unpaired) electrons. The average Bonchev–Trinajstić information content (AvgIpc) is 3.04. The number of anilines is 1. The molecule has 1 unspecified atom stereocenters. The van der Waals surface area contributed by atoms with Gasteiger partial charge in [0, 0.05) is 12.6 Å². The van der Waals surface area contributed by atoms with Gasteiger partial charge >= 0.3 is 0 Å². The lowest BCUT2D eigenvalue weighted by atomic mass is 10.0. The predicted octanol–water partition coefficient (Wildman–Crippen LogP) is 1.92. The Labute approximate surface area is 112 Å². The molecule has 3 heterocycles. The lowest BCUT2D eigenvalue weighted by molar-refractivity contribution is 0.493. The van der Waals surface area contributed by atoms with Crippen LogP contribution >= 0.6 is 0 Å². The van der Waals surface area contributed by atoms with E-state index in [9.17, 15) is 0 Å². The van der Waals surface area contributed by atoms with Crippen LogP contribution in [-0.4, -0.2) is 37.8 Å². The number of hydrogen-bond acceptors (Lipinski definition) is 5. The fourth-order valence-corrected chi connectivity index (χ4v) is 2.76. The number of aromatic nitrogens is 5. The second-order valence-corrected chi connectivity index (χ2v) is 5.68. The molecule has 0 bridgehead atoms. The highest BCUT2D eigenvalue weighted by molar-refractivity contribution is 5.45. The van der Waals surface area contributed by atoms with E-state index in [-0.39, 0.29) is 0 Å². The van der Waals surface area contributed by atoms with Crippen LogP contribution in [0.4, 0.5) is 5.82 Å².